The molecule has 0 amide bonds. The molecule has 110 valence electrons. The summed E-state index contributed by atoms with van der Waals surface area (Å²) in [5.41, 5.74) is 0.480. The normalized spacial score (nSPS) is 26.1. The zero-order chi connectivity index (χ0) is 13.8. The van der Waals surface area contributed by atoms with Gasteiger partial charge in [0.05, 0.1) is 5.60 Å². The quantitative estimate of drug-likeness (QED) is 0.832. The van der Waals surface area contributed by atoms with Crippen LogP contribution in [-0.4, -0.2) is 18.2 Å². The second kappa shape index (κ2) is 6.28. The fourth-order valence-corrected chi connectivity index (χ4v) is 3.64. The maximum absolute atomic E-state index is 11.4. The molecule has 3 rings (SSSR count). The molecule has 0 radical (unpaired) electrons. The van der Waals surface area contributed by atoms with E-state index in [-0.39, 0.29) is 0 Å². The molecule has 2 nitrogen and oxygen atoms in total. The predicted octanol–water partition coefficient (Wildman–Crippen LogP) is 3.45. The summed E-state index contributed by atoms with van der Waals surface area (Å²) in [6.07, 6.45) is 8.52. The maximum Gasteiger partial charge on any atom is 0.0936 e. The van der Waals surface area contributed by atoms with Crippen LogP contribution in [0.1, 0.15) is 50.5 Å². The van der Waals surface area contributed by atoms with Crippen LogP contribution in [0.25, 0.3) is 0 Å². The monoisotopic (exact) mass is 273 g/mol. The fourth-order valence-electron chi connectivity index (χ4n) is 3.64. The second-order valence-corrected chi connectivity index (χ2v) is 6.67. The number of hydrogen-bond donors (Lipinski definition) is 2. The molecule has 0 unspecified atom stereocenters. The van der Waals surface area contributed by atoms with Crippen LogP contribution in [0.2, 0.25) is 0 Å². The number of aliphatic hydroxyl groups is 1. The van der Waals surface area contributed by atoms with Crippen LogP contribution in [0.15, 0.2) is 30.3 Å². The molecule has 0 aromatic heterocycles. The predicted molar refractivity (Wildman–Crippen MR) is 82.5 cm³/mol. The van der Waals surface area contributed by atoms with Crippen molar-refractivity contribution in [1.82, 2.24) is 5.32 Å². The van der Waals surface area contributed by atoms with E-state index in [9.17, 15) is 5.11 Å². The van der Waals surface area contributed by atoms with E-state index in [1.54, 1.807) is 0 Å². The van der Waals surface area contributed by atoms with Gasteiger partial charge < -0.3 is 10.4 Å². The number of rotatable bonds is 6. The SMILES string of the molecule is O[C@](CCCC1CC1)(c1ccccc1)[C@@H]1CCCNC1. The summed E-state index contributed by atoms with van der Waals surface area (Å²) >= 11 is 0. The summed E-state index contributed by atoms with van der Waals surface area (Å²) < 4.78 is 0. The van der Waals surface area contributed by atoms with Crippen molar-refractivity contribution in [3.05, 3.63) is 35.9 Å². The largest absolute Gasteiger partial charge is 0.385 e. The fraction of sp³-hybridized carbons (Fsp3) is 0.667. The molecule has 2 fully saturated rings. The highest BCUT2D eigenvalue weighted by Crippen LogP contribution is 2.40. The van der Waals surface area contributed by atoms with E-state index < -0.39 is 5.60 Å². The molecule has 0 bridgehead atoms. The van der Waals surface area contributed by atoms with Crippen LogP contribution in [-0.2, 0) is 5.60 Å². The Kier molecular flexibility index (Phi) is 4.42. The molecular formula is C18H27NO. The van der Waals surface area contributed by atoms with Gasteiger partial charge in [0.2, 0.25) is 0 Å². The van der Waals surface area contributed by atoms with Gasteiger partial charge in [0.1, 0.15) is 0 Å². The van der Waals surface area contributed by atoms with Crippen molar-refractivity contribution >= 4 is 0 Å². The van der Waals surface area contributed by atoms with Crippen LogP contribution in [0, 0.1) is 11.8 Å². The average Bonchev–Trinajstić information content (AvgIpc) is 3.33. The topological polar surface area (TPSA) is 32.3 Å². The first-order valence-corrected chi connectivity index (χ1v) is 8.27. The molecule has 1 aromatic rings. The van der Waals surface area contributed by atoms with Crippen molar-refractivity contribution in [3.63, 3.8) is 0 Å². The lowest BCUT2D eigenvalue weighted by molar-refractivity contribution is -0.0428. The second-order valence-electron chi connectivity index (χ2n) is 6.67. The zero-order valence-corrected chi connectivity index (χ0v) is 12.4. The minimum atomic E-state index is -0.635. The van der Waals surface area contributed by atoms with E-state index in [1.807, 2.05) is 6.07 Å². The lowest BCUT2D eigenvalue weighted by Gasteiger charge is -2.39. The van der Waals surface area contributed by atoms with E-state index in [2.05, 4.69) is 29.6 Å². The number of hydrogen-bond acceptors (Lipinski definition) is 2. The summed E-state index contributed by atoms with van der Waals surface area (Å²) in [7, 11) is 0. The Hall–Kier alpha value is -0.860. The van der Waals surface area contributed by atoms with Crippen LogP contribution in [0.4, 0.5) is 0 Å². The van der Waals surface area contributed by atoms with Crippen molar-refractivity contribution in [3.8, 4) is 0 Å². The minimum absolute atomic E-state index is 0.359. The van der Waals surface area contributed by atoms with Gasteiger partial charge in [-0.3, -0.25) is 0 Å². The average molecular weight is 273 g/mol. The minimum Gasteiger partial charge on any atom is -0.385 e. The van der Waals surface area contributed by atoms with E-state index >= 15 is 0 Å². The lowest BCUT2D eigenvalue weighted by atomic mass is 9.74. The molecule has 2 heteroatoms. The summed E-state index contributed by atoms with van der Waals surface area (Å²) in [6.45, 7) is 2.05. The van der Waals surface area contributed by atoms with Crippen LogP contribution in [0.3, 0.4) is 0 Å². The van der Waals surface area contributed by atoms with Gasteiger partial charge in [0, 0.05) is 12.5 Å². The van der Waals surface area contributed by atoms with Gasteiger partial charge in [0.25, 0.3) is 0 Å². The van der Waals surface area contributed by atoms with Gasteiger partial charge >= 0.3 is 0 Å². The molecule has 1 heterocycles. The Morgan fingerprint density at radius 2 is 1.95 bits per heavy atom. The molecule has 1 aliphatic heterocycles. The van der Waals surface area contributed by atoms with Gasteiger partial charge in [-0.05, 0) is 43.7 Å². The number of benzene rings is 1. The van der Waals surface area contributed by atoms with E-state index in [0.717, 1.165) is 43.8 Å². The van der Waals surface area contributed by atoms with Crippen molar-refractivity contribution in [2.45, 2.75) is 50.5 Å². The molecule has 0 spiro atoms. The molecule has 20 heavy (non-hydrogen) atoms. The molecule has 1 aromatic carbocycles. The smallest absolute Gasteiger partial charge is 0.0936 e. The Morgan fingerprint density at radius 1 is 1.15 bits per heavy atom. The van der Waals surface area contributed by atoms with Crippen LogP contribution >= 0.6 is 0 Å². The molecular weight excluding hydrogens is 246 g/mol. The van der Waals surface area contributed by atoms with E-state index in [0.29, 0.717) is 5.92 Å². The van der Waals surface area contributed by atoms with E-state index in [1.165, 1.54) is 25.7 Å². The standard InChI is InChI=1S/C18H27NO/c20-18(12-4-6-15-10-11-15,16-7-2-1-3-8-16)17-9-5-13-19-14-17/h1-3,7-8,15,17,19-20H,4-6,9-14H2/t17-,18-/m1/s1. The number of piperidine rings is 1. The summed E-state index contributed by atoms with van der Waals surface area (Å²) in [5.74, 6) is 1.32. The van der Waals surface area contributed by atoms with Crippen LogP contribution in [0.5, 0.6) is 0 Å². The van der Waals surface area contributed by atoms with Crippen molar-refractivity contribution in [1.29, 1.82) is 0 Å². The Morgan fingerprint density at radius 3 is 2.60 bits per heavy atom. The van der Waals surface area contributed by atoms with Gasteiger partial charge in [-0.2, -0.15) is 0 Å². The maximum atomic E-state index is 11.4. The summed E-state index contributed by atoms with van der Waals surface area (Å²) in [5, 5.41) is 14.9. The molecule has 1 saturated heterocycles. The first-order valence-electron chi connectivity index (χ1n) is 8.27. The van der Waals surface area contributed by atoms with Gasteiger partial charge in [0.15, 0.2) is 0 Å². The van der Waals surface area contributed by atoms with Gasteiger partial charge in [-0.15, -0.1) is 0 Å². The first-order chi connectivity index (χ1) is 9.79. The Balaban J connectivity index is 1.73. The van der Waals surface area contributed by atoms with Crippen molar-refractivity contribution < 1.29 is 5.11 Å². The van der Waals surface area contributed by atoms with Crippen molar-refractivity contribution in [2.75, 3.05) is 13.1 Å². The number of nitrogens with one attached hydrogen (secondary N) is 1. The first kappa shape index (κ1) is 14.1. The van der Waals surface area contributed by atoms with Crippen molar-refractivity contribution in [2.24, 2.45) is 11.8 Å². The van der Waals surface area contributed by atoms with Gasteiger partial charge in [-0.25, -0.2) is 0 Å². The third kappa shape index (κ3) is 3.24. The highest BCUT2D eigenvalue weighted by Gasteiger charge is 2.38. The van der Waals surface area contributed by atoms with Crippen LogP contribution < -0.4 is 5.32 Å². The molecule has 2 aliphatic rings. The lowest BCUT2D eigenvalue weighted by Crippen LogP contribution is -2.44. The molecule has 2 N–H and O–H groups in total. The third-order valence-corrected chi connectivity index (χ3v) is 5.11. The molecule has 1 aliphatic carbocycles. The Labute approximate surface area is 122 Å². The molecule has 2 atom stereocenters. The zero-order valence-electron chi connectivity index (χ0n) is 12.4. The highest BCUT2D eigenvalue weighted by molar-refractivity contribution is 5.23. The molecule has 1 saturated carbocycles. The summed E-state index contributed by atoms with van der Waals surface area (Å²) in [4.78, 5) is 0. The third-order valence-electron chi connectivity index (χ3n) is 5.11. The summed E-state index contributed by atoms with van der Waals surface area (Å²) in [6, 6.07) is 10.3. The Bertz CT molecular complexity index is 409. The highest BCUT2D eigenvalue weighted by atomic mass is 16.3. The van der Waals surface area contributed by atoms with E-state index in [4.69, 9.17) is 0 Å². The van der Waals surface area contributed by atoms with Gasteiger partial charge in [-0.1, -0.05) is 49.6 Å².